The highest BCUT2D eigenvalue weighted by Crippen LogP contribution is 2.28. The minimum atomic E-state index is -0.380. The number of carbonyl (C=O) groups excluding carboxylic acids is 1. The molecule has 0 saturated carbocycles. The molecule has 2 aromatic carbocycles. The van der Waals surface area contributed by atoms with Gasteiger partial charge in [-0.1, -0.05) is 30.7 Å². The van der Waals surface area contributed by atoms with Gasteiger partial charge in [0.1, 0.15) is 5.75 Å². The van der Waals surface area contributed by atoms with Crippen LogP contribution in [-0.2, 0) is 0 Å². The normalized spacial score (nSPS) is 10.4. The fourth-order valence-electron chi connectivity index (χ4n) is 2.45. The van der Waals surface area contributed by atoms with Crippen molar-refractivity contribution >= 4 is 35.0 Å². The highest BCUT2D eigenvalue weighted by atomic mass is 35.5. The average Bonchev–Trinajstić information content (AvgIpc) is 3.08. The van der Waals surface area contributed by atoms with E-state index in [-0.39, 0.29) is 6.03 Å². The third kappa shape index (κ3) is 4.92. The Kier molecular flexibility index (Phi) is 5.83. The number of rotatable bonds is 6. The number of ether oxygens (including phenoxy) is 1. The molecular weight excluding hydrogens is 366 g/mol. The lowest BCUT2D eigenvalue weighted by atomic mass is 10.1. The smallest absolute Gasteiger partial charge is 0.323 e. The van der Waals surface area contributed by atoms with Gasteiger partial charge in [-0.3, -0.25) is 0 Å². The largest absolute Gasteiger partial charge is 0.492 e. The fourth-order valence-corrected chi connectivity index (χ4v) is 2.68. The molecular formula is C19H20ClN5O2. The summed E-state index contributed by atoms with van der Waals surface area (Å²) in [5.74, 6) is 0.931. The maximum atomic E-state index is 12.3. The van der Waals surface area contributed by atoms with Crippen molar-refractivity contribution in [3.63, 3.8) is 0 Å². The van der Waals surface area contributed by atoms with Crippen molar-refractivity contribution < 1.29 is 9.53 Å². The first-order chi connectivity index (χ1) is 13.0. The number of carbonyl (C=O) groups is 1. The van der Waals surface area contributed by atoms with Gasteiger partial charge in [0.2, 0.25) is 0 Å². The van der Waals surface area contributed by atoms with Gasteiger partial charge in [0.25, 0.3) is 0 Å². The molecule has 3 aromatic rings. The summed E-state index contributed by atoms with van der Waals surface area (Å²) in [5, 5.41) is 5.98. The SMILES string of the molecule is CCCOc1ccc(NC(=O)Nc2cccc(-c3cnc(N)[nH]3)c2)cc1Cl. The number of anilines is 3. The van der Waals surface area contributed by atoms with E-state index in [9.17, 15) is 4.79 Å². The molecule has 0 aliphatic rings. The standard InChI is InChI=1S/C19H20ClN5O2/c1-2-8-27-17-7-6-14(10-15(17)20)24-19(26)23-13-5-3-4-12(9-13)16-11-22-18(21)25-16/h3-7,9-11H,2,8H2,1H3,(H3,21,22,25)(H2,23,24,26). The predicted octanol–water partition coefficient (Wildman–Crippen LogP) is 4.75. The van der Waals surface area contributed by atoms with Crippen LogP contribution in [0.5, 0.6) is 5.75 Å². The molecule has 5 N–H and O–H groups in total. The number of aromatic amines is 1. The van der Waals surface area contributed by atoms with Crippen molar-refractivity contribution in [2.24, 2.45) is 0 Å². The predicted molar refractivity (Wildman–Crippen MR) is 108 cm³/mol. The number of nitrogens with one attached hydrogen (secondary N) is 3. The number of imidazole rings is 1. The molecule has 7 nitrogen and oxygen atoms in total. The monoisotopic (exact) mass is 385 g/mol. The summed E-state index contributed by atoms with van der Waals surface area (Å²) in [7, 11) is 0. The van der Waals surface area contributed by atoms with Gasteiger partial charge in [0.05, 0.1) is 23.5 Å². The van der Waals surface area contributed by atoms with Crippen LogP contribution in [0.1, 0.15) is 13.3 Å². The number of nitrogens with zero attached hydrogens (tertiary/aromatic N) is 1. The first-order valence-corrected chi connectivity index (χ1v) is 8.84. The van der Waals surface area contributed by atoms with Gasteiger partial charge >= 0.3 is 6.03 Å². The number of halogens is 1. The Balaban J connectivity index is 1.65. The van der Waals surface area contributed by atoms with Gasteiger partial charge in [-0.15, -0.1) is 0 Å². The lowest BCUT2D eigenvalue weighted by Crippen LogP contribution is -2.19. The highest BCUT2D eigenvalue weighted by molar-refractivity contribution is 6.32. The topological polar surface area (TPSA) is 105 Å². The Bertz CT molecular complexity index is 941. The van der Waals surface area contributed by atoms with Crippen molar-refractivity contribution in [3.05, 3.63) is 53.7 Å². The molecule has 0 unspecified atom stereocenters. The molecule has 1 heterocycles. The third-order valence-electron chi connectivity index (χ3n) is 3.68. The molecule has 1 aromatic heterocycles. The van der Waals surface area contributed by atoms with E-state index >= 15 is 0 Å². The number of benzene rings is 2. The Hall–Kier alpha value is -3.19. The minimum absolute atomic E-state index is 0.337. The van der Waals surface area contributed by atoms with Crippen LogP contribution in [0, 0.1) is 0 Å². The van der Waals surface area contributed by atoms with Crippen molar-refractivity contribution in [1.82, 2.24) is 9.97 Å². The van der Waals surface area contributed by atoms with Crippen molar-refractivity contribution in [2.75, 3.05) is 23.0 Å². The average molecular weight is 386 g/mol. The van der Waals surface area contributed by atoms with Crippen LogP contribution in [-0.4, -0.2) is 22.6 Å². The maximum Gasteiger partial charge on any atom is 0.323 e. The fraction of sp³-hybridized carbons (Fsp3) is 0.158. The van der Waals surface area contributed by atoms with Gasteiger partial charge in [0.15, 0.2) is 5.95 Å². The van der Waals surface area contributed by atoms with Crippen molar-refractivity contribution in [3.8, 4) is 17.0 Å². The lowest BCUT2D eigenvalue weighted by molar-refractivity contribution is 0.262. The molecule has 0 radical (unpaired) electrons. The lowest BCUT2D eigenvalue weighted by Gasteiger charge is -2.11. The van der Waals surface area contributed by atoms with E-state index in [1.165, 1.54) is 0 Å². The molecule has 0 atom stereocenters. The molecule has 0 aliphatic heterocycles. The van der Waals surface area contributed by atoms with Gasteiger partial charge in [0, 0.05) is 16.9 Å². The Morgan fingerprint density at radius 1 is 1.22 bits per heavy atom. The van der Waals surface area contributed by atoms with Gasteiger partial charge in [-0.2, -0.15) is 0 Å². The number of hydrogen-bond acceptors (Lipinski definition) is 4. The van der Waals surface area contributed by atoms with E-state index in [1.807, 2.05) is 25.1 Å². The zero-order valence-corrected chi connectivity index (χ0v) is 15.5. The molecule has 0 spiro atoms. The van der Waals surface area contributed by atoms with Crippen LogP contribution in [0.4, 0.5) is 22.1 Å². The summed E-state index contributed by atoms with van der Waals surface area (Å²) >= 11 is 6.18. The van der Waals surface area contributed by atoms with E-state index in [4.69, 9.17) is 22.1 Å². The first kappa shape index (κ1) is 18.6. The number of nitrogen functional groups attached to an aromatic ring is 1. The molecule has 140 valence electrons. The minimum Gasteiger partial charge on any atom is -0.492 e. The Morgan fingerprint density at radius 3 is 2.67 bits per heavy atom. The van der Waals surface area contributed by atoms with Gasteiger partial charge in [-0.25, -0.2) is 9.78 Å². The molecule has 8 heteroatoms. The molecule has 0 bridgehead atoms. The number of nitrogens with two attached hydrogens (primary N) is 1. The zero-order valence-electron chi connectivity index (χ0n) is 14.8. The summed E-state index contributed by atoms with van der Waals surface area (Å²) in [6.45, 7) is 2.61. The van der Waals surface area contributed by atoms with E-state index in [0.29, 0.717) is 34.7 Å². The number of aromatic nitrogens is 2. The third-order valence-corrected chi connectivity index (χ3v) is 3.97. The van der Waals surface area contributed by atoms with E-state index in [0.717, 1.165) is 17.7 Å². The quantitative estimate of drug-likeness (QED) is 0.491. The summed E-state index contributed by atoms with van der Waals surface area (Å²) in [4.78, 5) is 19.2. The first-order valence-electron chi connectivity index (χ1n) is 8.46. The second kappa shape index (κ2) is 8.46. The van der Waals surface area contributed by atoms with Crippen molar-refractivity contribution in [1.29, 1.82) is 0 Å². The zero-order chi connectivity index (χ0) is 19.2. The second-order valence-corrected chi connectivity index (χ2v) is 6.24. The van der Waals surface area contributed by atoms with Crippen LogP contribution in [0.3, 0.4) is 0 Å². The Morgan fingerprint density at radius 2 is 2.00 bits per heavy atom. The van der Waals surface area contributed by atoms with Gasteiger partial charge in [-0.05, 0) is 36.8 Å². The number of urea groups is 1. The van der Waals surface area contributed by atoms with Crippen LogP contribution in [0.2, 0.25) is 5.02 Å². The summed E-state index contributed by atoms with van der Waals surface area (Å²) in [5.41, 5.74) is 8.43. The number of amides is 2. The summed E-state index contributed by atoms with van der Waals surface area (Å²) in [6, 6.07) is 12.1. The van der Waals surface area contributed by atoms with E-state index in [2.05, 4.69) is 20.6 Å². The molecule has 0 aliphatic carbocycles. The van der Waals surface area contributed by atoms with E-state index in [1.54, 1.807) is 30.5 Å². The molecule has 27 heavy (non-hydrogen) atoms. The van der Waals surface area contributed by atoms with Crippen LogP contribution in [0.25, 0.3) is 11.3 Å². The highest BCUT2D eigenvalue weighted by Gasteiger charge is 2.08. The second-order valence-electron chi connectivity index (χ2n) is 5.84. The summed E-state index contributed by atoms with van der Waals surface area (Å²) < 4.78 is 5.52. The van der Waals surface area contributed by atoms with Crippen LogP contribution in [0.15, 0.2) is 48.7 Å². The van der Waals surface area contributed by atoms with Crippen molar-refractivity contribution in [2.45, 2.75) is 13.3 Å². The molecule has 3 rings (SSSR count). The van der Waals surface area contributed by atoms with Crippen LogP contribution < -0.4 is 21.1 Å². The molecule has 0 fully saturated rings. The van der Waals surface area contributed by atoms with E-state index < -0.39 is 0 Å². The number of hydrogen-bond donors (Lipinski definition) is 4. The Labute approximate surface area is 161 Å². The number of H-pyrrole nitrogens is 1. The molecule has 0 saturated heterocycles. The summed E-state index contributed by atoms with van der Waals surface area (Å²) in [6.07, 6.45) is 2.53. The van der Waals surface area contributed by atoms with Crippen LogP contribution >= 0.6 is 11.6 Å². The van der Waals surface area contributed by atoms with Gasteiger partial charge < -0.3 is 26.1 Å². The maximum absolute atomic E-state index is 12.3. The molecule has 2 amide bonds.